The van der Waals surface area contributed by atoms with E-state index in [4.69, 9.17) is 9.97 Å². The van der Waals surface area contributed by atoms with Gasteiger partial charge in [-0.05, 0) is 56.4 Å². The number of piperidine rings is 1. The predicted molar refractivity (Wildman–Crippen MR) is 131 cm³/mol. The lowest BCUT2D eigenvalue weighted by Crippen LogP contribution is -2.47. The second-order valence-electron chi connectivity index (χ2n) is 8.78. The van der Waals surface area contributed by atoms with E-state index in [1.54, 1.807) is 0 Å². The summed E-state index contributed by atoms with van der Waals surface area (Å²) in [6.45, 7) is 7.72. The van der Waals surface area contributed by atoms with E-state index in [2.05, 4.69) is 54.4 Å². The quantitative estimate of drug-likeness (QED) is 0.601. The van der Waals surface area contributed by atoms with E-state index in [-0.39, 0.29) is 13.4 Å². The predicted octanol–water partition coefficient (Wildman–Crippen LogP) is 4.41. The number of nitrogens with zero attached hydrogens (tertiary/aromatic N) is 3. The maximum atomic E-state index is 12.2. The zero-order valence-corrected chi connectivity index (χ0v) is 19.1. The molecule has 2 heterocycles. The van der Waals surface area contributed by atoms with Gasteiger partial charge >= 0.3 is 0 Å². The molecule has 3 aromatic rings. The van der Waals surface area contributed by atoms with Crippen LogP contribution in [-0.2, 0) is 4.79 Å². The van der Waals surface area contributed by atoms with Gasteiger partial charge in [-0.25, -0.2) is 9.97 Å². The summed E-state index contributed by atoms with van der Waals surface area (Å²) < 4.78 is 0. The highest BCUT2D eigenvalue weighted by molar-refractivity contribution is 5.91. The lowest BCUT2D eigenvalue weighted by Gasteiger charge is -2.34. The van der Waals surface area contributed by atoms with E-state index in [0.717, 1.165) is 66.0 Å². The van der Waals surface area contributed by atoms with Crippen molar-refractivity contribution in [3.63, 3.8) is 0 Å². The van der Waals surface area contributed by atoms with Crippen molar-refractivity contribution in [3.8, 4) is 11.4 Å². The van der Waals surface area contributed by atoms with E-state index in [1.807, 2.05) is 19.1 Å². The van der Waals surface area contributed by atoms with Gasteiger partial charge in [0.05, 0.1) is 5.52 Å². The molecule has 1 fully saturated rings. The first kappa shape index (κ1) is 22.2. The molecule has 0 bridgehead atoms. The Hall–Kier alpha value is -2.99. The van der Waals surface area contributed by atoms with Crippen molar-refractivity contribution in [1.82, 2.24) is 15.3 Å². The fourth-order valence-corrected chi connectivity index (χ4v) is 4.35. The van der Waals surface area contributed by atoms with Crippen LogP contribution in [0.2, 0.25) is 0 Å². The maximum Gasteiger partial charge on any atom is 0.249 e. The van der Waals surface area contributed by atoms with E-state index in [1.165, 1.54) is 5.56 Å². The van der Waals surface area contributed by atoms with Gasteiger partial charge in [0.15, 0.2) is 5.82 Å². The molecule has 0 aliphatic carbocycles. The fraction of sp³-hybridized carbons (Fsp3) is 0.423. The number of anilines is 1. The van der Waals surface area contributed by atoms with Gasteiger partial charge in [-0.15, -0.1) is 0 Å². The number of benzene rings is 2. The van der Waals surface area contributed by atoms with Crippen LogP contribution in [-0.4, -0.2) is 46.2 Å². The number of aliphatic hydroxyl groups excluding tert-OH is 1. The van der Waals surface area contributed by atoms with Crippen LogP contribution in [0.15, 0.2) is 42.5 Å². The van der Waals surface area contributed by atoms with Crippen molar-refractivity contribution in [3.05, 3.63) is 53.6 Å². The number of hydrogen-bond donors (Lipinski definition) is 2. The summed E-state index contributed by atoms with van der Waals surface area (Å²) in [4.78, 5) is 24.4. The number of rotatable bonds is 6. The lowest BCUT2D eigenvalue weighted by atomic mass is 10.0. The van der Waals surface area contributed by atoms with E-state index < -0.39 is 6.10 Å². The van der Waals surface area contributed by atoms with Crippen LogP contribution >= 0.6 is 0 Å². The van der Waals surface area contributed by atoms with Gasteiger partial charge in [0, 0.05) is 31.5 Å². The van der Waals surface area contributed by atoms with Crippen molar-refractivity contribution < 1.29 is 11.3 Å². The van der Waals surface area contributed by atoms with Crippen LogP contribution in [0.5, 0.6) is 0 Å². The zero-order valence-electron chi connectivity index (χ0n) is 19.1. The number of aromatic nitrogens is 2. The summed E-state index contributed by atoms with van der Waals surface area (Å²) in [5.74, 6) is 1.44. The Morgan fingerprint density at radius 3 is 2.66 bits per heavy atom. The van der Waals surface area contributed by atoms with Crippen LogP contribution < -0.4 is 10.2 Å². The molecule has 1 aromatic heterocycles. The Balaban J connectivity index is 0.00000306. The van der Waals surface area contributed by atoms with Crippen LogP contribution in [0.1, 0.15) is 45.2 Å². The molecule has 2 N–H and O–H groups in total. The van der Waals surface area contributed by atoms with E-state index >= 15 is 0 Å². The SMILES string of the molecule is CCCC(O)C(=O)NC1CCN(c2nc(-c3ccccc3C)nc3cc(C)ccc23)CC1.[HH]. The van der Waals surface area contributed by atoms with Crippen LogP contribution in [0.25, 0.3) is 22.3 Å². The van der Waals surface area contributed by atoms with Crippen LogP contribution in [0, 0.1) is 13.8 Å². The first-order valence-electron chi connectivity index (χ1n) is 11.5. The summed E-state index contributed by atoms with van der Waals surface area (Å²) in [5.41, 5.74) is 4.32. The topological polar surface area (TPSA) is 78.4 Å². The third-order valence-corrected chi connectivity index (χ3v) is 6.22. The molecule has 1 atom stereocenters. The van der Waals surface area contributed by atoms with E-state index in [9.17, 15) is 9.90 Å². The number of hydrogen-bond acceptors (Lipinski definition) is 5. The third-order valence-electron chi connectivity index (χ3n) is 6.22. The molecule has 1 unspecified atom stereocenters. The molecule has 6 heteroatoms. The summed E-state index contributed by atoms with van der Waals surface area (Å²) >= 11 is 0. The Kier molecular flexibility index (Phi) is 6.70. The Labute approximate surface area is 191 Å². The number of aliphatic hydroxyl groups is 1. The van der Waals surface area contributed by atoms with Crippen molar-refractivity contribution >= 4 is 22.6 Å². The molecule has 0 spiro atoms. The van der Waals surface area contributed by atoms with Gasteiger partial charge in [0.2, 0.25) is 5.91 Å². The average molecular weight is 435 g/mol. The Morgan fingerprint density at radius 2 is 1.94 bits per heavy atom. The molecule has 170 valence electrons. The molecule has 6 nitrogen and oxygen atoms in total. The molecule has 0 radical (unpaired) electrons. The molecule has 1 aliphatic rings. The average Bonchev–Trinajstić information content (AvgIpc) is 2.79. The van der Waals surface area contributed by atoms with Gasteiger partial charge < -0.3 is 15.3 Å². The molecule has 1 saturated heterocycles. The van der Waals surface area contributed by atoms with Gasteiger partial charge in [-0.1, -0.05) is 43.7 Å². The number of carbonyl (C=O) groups is 1. The molecule has 2 aromatic carbocycles. The first-order valence-corrected chi connectivity index (χ1v) is 11.5. The number of carbonyl (C=O) groups excluding carboxylic acids is 1. The Bertz CT molecular complexity index is 1110. The number of amides is 1. The lowest BCUT2D eigenvalue weighted by molar-refractivity contribution is -0.130. The normalized spacial score (nSPS) is 15.7. The van der Waals surface area contributed by atoms with Crippen molar-refractivity contribution in [2.45, 2.75) is 58.6 Å². The van der Waals surface area contributed by atoms with Gasteiger partial charge in [0.25, 0.3) is 0 Å². The monoisotopic (exact) mass is 434 g/mol. The second-order valence-corrected chi connectivity index (χ2v) is 8.78. The van der Waals surface area contributed by atoms with Crippen molar-refractivity contribution in [1.29, 1.82) is 0 Å². The van der Waals surface area contributed by atoms with Crippen LogP contribution in [0.3, 0.4) is 0 Å². The van der Waals surface area contributed by atoms with E-state index in [0.29, 0.717) is 6.42 Å². The minimum absolute atomic E-state index is 0. The number of nitrogens with one attached hydrogen (secondary N) is 1. The largest absolute Gasteiger partial charge is 0.383 e. The minimum Gasteiger partial charge on any atom is -0.383 e. The molecule has 1 amide bonds. The highest BCUT2D eigenvalue weighted by Crippen LogP contribution is 2.31. The highest BCUT2D eigenvalue weighted by Gasteiger charge is 2.25. The molecule has 32 heavy (non-hydrogen) atoms. The summed E-state index contributed by atoms with van der Waals surface area (Å²) in [6.07, 6.45) is 2.02. The third kappa shape index (κ3) is 4.75. The van der Waals surface area contributed by atoms with Gasteiger partial charge in [-0.2, -0.15) is 0 Å². The smallest absolute Gasteiger partial charge is 0.249 e. The second kappa shape index (κ2) is 9.65. The first-order chi connectivity index (χ1) is 15.5. The highest BCUT2D eigenvalue weighted by atomic mass is 16.3. The molecular weight excluding hydrogens is 400 g/mol. The Morgan fingerprint density at radius 1 is 1.19 bits per heavy atom. The standard InChI is InChI=1S/C26H32N4O2.H2/c1-4-7-23(31)26(32)27-19-12-14-30(15-13-19)25-21-11-10-17(2)16-22(21)28-24(29-25)20-9-6-5-8-18(20)3;/h5-6,8-11,16,19,23,31H,4,7,12-15H2,1-3H3,(H,27,32);1H. The number of aryl methyl sites for hydroxylation is 2. The van der Waals surface area contributed by atoms with Crippen LogP contribution in [0.4, 0.5) is 5.82 Å². The van der Waals surface area contributed by atoms with Gasteiger partial charge in [-0.3, -0.25) is 4.79 Å². The van der Waals surface area contributed by atoms with Crippen molar-refractivity contribution in [2.24, 2.45) is 0 Å². The summed E-state index contributed by atoms with van der Waals surface area (Å²) in [7, 11) is 0. The molecule has 1 aliphatic heterocycles. The molecular formula is C26H34N4O2. The minimum atomic E-state index is -0.913. The number of fused-ring (bicyclic) bond motifs is 1. The molecule has 0 saturated carbocycles. The summed E-state index contributed by atoms with van der Waals surface area (Å²) in [6, 6.07) is 14.6. The molecule has 4 rings (SSSR count). The van der Waals surface area contributed by atoms with Crippen molar-refractivity contribution in [2.75, 3.05) is 18.0 Å². The van der Waals surface area contributed by atoms with Gasteiger partial charge in [0.1, 0.15) is 11.9 Å². The maximum absolute atomic E-state index is 12.2. The summed E-state index contributed by atoms with van der Waals surface area (Å²) in [5, 5.41) is 14.0. The zero-order chi connectivity index (χ0) is 22.7. The fourth-order valence-electron chi connectivity index (χ4n) is 4.35.